The third-order valence-electron chi connectivity index (χ3n) is 7.67. The van der Waals surface area contributed by atoms with Crippen molar-refractivity contribution in [1.82, 2.24) is 9.55 Å². The Kier molecular flexibility index (Phi) is 4.99. The standard InChI is InChI=1S/C34H25BrN2/c1-34(2)29-17-15-23(20-27(29)28-21-25(35)16-18-30(28)34)22-9-8-10-24(19-22)33-36-31-13-6-7-14-32(31)37(33)26-11-4-3-5-12-26/h3-21H,1-2H3. The average Bonchev–Trinajstić information content (AvgIpc) is 3.42. The predicted molar refractivity (Wildman–Crippen MR) is 157 cm³/mol. The van der Waals surface area contributed by atoms with Crippen molar-refractivity contribution < 1.29 is 0 Å². The van der Waals surface area contributed by atoms with Crippen LogP contribution < -0.4 is 0 Å². The Morgan fingerprint density at radius 1 is 0.622 bits per heavy atom. The van der Waals surface area contributed by atoms with Gasteiger partial charge in [-0.2, -0.15) is 0 Å². The molecule has 5 aromatic carbocycles. The fraction of sp³-hybridized carbons (Fsp3) is 0.0882. The highest BCUT2D eigenvalue weighted by Crippen LogP contribution is 2.50. The second kappa shape index (κ2) is 8.29. The molecule has 0 bridgehead atoms. The first-order valence-corrected chi connectivity index (χ1v) is 13.4. The zero-order chi connectivity index (χ0) is 25.1. The number of nitrogens with zero attached hydrogens (tertiary/aromatic N) is 2. The van der Waals surface area contributed by atoms with Gasteiger partial charge in [-0.15, -0.1) is 0 Å². The normalized spacial score (nSPS) is 13.5. The van der Waals surface area contributed by atoms with Gasteiger partial charge in [0.05, 0.1) is 11.0 Å². The minimum atomic E-state index is -0.00765. The second-order valence-electron chi connectivity index (χ2n) is 10.3. The van der Waals surface area contributed by atoms with Gasteiger partial charge >= 0.3 is 0 Å². The van der Waals surface area contributed by atoms with Crippen LogP contribution in [0.15, 0.2) is 120 Å². The average molecular weight is 541 g/mol. The van der Waals surface area contributed by atoms with Crippen LogP contribution >= 0.6 is 15.9 Å². The van der Waals surface area contributed by atoms with Crippen LogP contribution in [-0.4, -0.2) is 9.55 Å². The summed E-state index contributed by atoms with van der Waals surface area (Å²) in [5.74, 6) is 0.950. The monoisotopic (exact) mass is 540 g/mol. The van der Waals surface area contributed by atoms with Crippen LogP contribution in [0.4, 0.5) is 0 Å². The Morgan fingerprint density at radius 2 is 1.30 bits per heavy atom. The highest BCUT2D eigenvalue weighted by molar-refractivity contribution is 9.10. The van der Waals surface area contributed by atoms with Crippen molar-refractivity contribution in [3.63, 3.8) is 0 Å². The summed E-state index contributed by atoms with van der Waals surface area (Å²) in [6.45, 7) is 4.64. The lowest BCUT2D eigenvalue weighted by atomic mass is 9.82. The SMILES string of the molecule is CC1(C)c2ccc(Br)cc2-c2cc(-c3cccc(-c4nc5ccccc5n4-c4ccccc4)c3)ccc21. The smallest absolute Gasteiger partial charge is 0.145 e. The number of halogens is 1. The Balaban J connectivity index is 1.39. The molecule has 37 heavy (non-hydrogen) atoms. The maximum absolute atomic E-state index is 5.07. The Morgan fingerprint density at radius 3 is 2.14 bits per heavy atom. The van der Waals surface area contributed by atoms with Crippen LogP contribution in [0.1, 0.15) is 25.0 Å². The molecule has 0 atom stereocenters. The number of hydrogen-bond acceptors (Lipinski definition) is 1. The quantitative estimate of drug-likeness (QED) is 0.218. The van der Waals surface area contributed by atoms with E-state index in [-0.39, 0.29) is 5.41 Å². The highest BCUT2D eigenvalue weighted by atomic mass is 79.9. The van der Waals surface area contributed by atoms with Gasteiger partial charge < -0.3 is 0 Å². The summed E-state index contributed by atoms with van der Waals surface area (Å²) in [5.41, 5.74) is 12.1. The van der Waals surface area contributed by atoms with E-state index in [4.69, 9.17) is 4.98 Å². The van der Waals surface area contributed by atoms with E-state index in [0.29, 0.717) is 0 Å². The predicted octanol–water partition coefficient (Wildman–Crippen LogP) is 9.43. The maximum atomic E-state index is 5.07. The molecule has 178 valence electrons. The zero-order valence-electron chi connectivity index (χ0n) is 20.7. The summed E-state index contributed by atoms with van der Waals surface area (Å²) < 4.78 is 3.37. The van der Waals surface area contributed by atoms with E-state index >= 15 is 0 Å². The van der Waals surface area contributed by atoms with E-state index in [2.05, 4.69) is 144 Å². The van der Waals surface area contributed by atoms with Crippen molar-refractivity contribution in [2.24, 2.45) is 0 Å². The Hall–Kier alpha value is -3.95. The van der Waals surface area contributed by atoms with Gasteiger partial charge in [0, 0.05) is 21.1 Å². The molecule has 1 aromatic heterocycles. The minimum absolute atomic E-state index is 0.00765. The van der Waals surface area contributed by atoms with E-state index in [9.17, 15) is 0 Å². The van der Waals surface area contributed by atoms with Gasteiger partial charge in [-0.1, -0.05) is 96.5 Å². The van der Waals surface area contributed by atoms with E-state index in [1.807, 2.05) is 6.07 Å². The van der Waals surface area contributed by atoms with Crippen LogP contribution in [0, 0.1) is 0 Å². The van der Waals surface area contributed by atoms with E-state index in [0.717, 1.165) is 32.6 Å². The van der Waals surface area contributed by atoms with Crippen LogP contribution in [0.2, 0.25) is 0 Å². The largest absolute Gasteiger partial charge is 0.292 e. The first-order chi connectivity index (χ1) is 18.0. The highest BCUT2D eigenvalue weighted by Gasteiger charge is 2.35. The van der Waals surface area contributed by atoms with Crippen LogP contribution in [-0.2, 0) is 5.41 Å². The fourth-order valence-electron chi connectivity index (χ4n) is 5.82. The first-order valence-electron chi connectivity index (χ1n) is 12.6. The van der Waals surface area contributed by atoms with Crippen molar-refractivity contribution in [3.8, 4) is 39.3 Å². The van der Waals surface area contributed by atoms with Crippen LogP contribution in [0.3, 0.4) is 0 Å². The van der Waals surface area contributed by atoms with Gasteiger partial charge in [-0.3, -0.25) is 4.57 Å². The molecule has 2 nitrogen and oxygen atoms in total. The van der Waals surface area contributed by atoms with Crippen molar-refractivity contribution in [1.29, 1.82) is 0 Å². The van der Waals surface area contributed by atoms with Gasteiger partial charge in [-0.25, -0.2) is 4.98 Å². The summed E-state index contributed by atoms with van der Waals surface area (Å²) in [5, 5.41) is 0. The van der Waals surface area contributed by atoms with Gasteiger partial charge in [0.25, 0.3) is 0 Å². The van der Waals surface area contributed by atoms with E-state index in [1.165, 1.54) is 33.4 Å². The summed E-state index contributed by atoms with van der Waals surface area (Å²) in [6.07, 6.45) is 0. The van der Waals surface area contributed by atoms with Gasteiger partial charge in [0.1, 0.15) is 5.82 Å². The molecule has 0 fully saturated rings. The van der Waals surface area contributed by atoms with Crippen molar-refractivity contribution in [2.45, 2.75) is 19.3 Å². The molecule has 6 aromatic rings. The molecule has 0 saturated carbocycles. The molecule has 0 spiro atoms. The van der Waals surface area contributed by atoms with Crippen molar-refractivity contribution in [2.75, 3.05) is 0 Å². The number of fused-ring (bicyclic) bond motifs is 4. The first kappa shape index (κ1) is 22.3. The number of aromatic nitrogens is 2. The number of rotatable bonds is 3. The van der Waals surface area contributed by atoms with Gasteiger partial charge in [0.2, 0.25) is 0 Å². The zero-order valence-corrected chi connectivity index (χ0v) is 22.3. The number of imidazole rings is 1. The van der Waals surface area contributed by atoms with Gasteiger partial charge in [-0.05, 0) is 81.9 Å². The van der Waals surface area contributed by atoms with Crippen LogP contribution in [0.5, 0.6) is 0 Å². The molecule has 0 radical (unpaired) electrons. The summed E-state index contributed by atoms with van der Waals surface area (Å²) in [6, 6.07) is 41.2. The Bertz CT molecular complexity index is 1810. The lowest BCUT2D eigenvalue weighted by molar-refractivity contribution is 0.660. The summed E-state index contributed by atoms with van der Waals surface area (Å²) >= 11 is 3.68. The lowest BCUT2D eigenvalue weighted by Gasteiger charge is -2.21. The molecule has 0 unspecified atom stereocenters. The van der Waals surface area contributed by atoms with Crippen molar-refractivity contribution >= 4 is 27.0 Å². The molecule has 3 heteroatoms. The third kappa shape index (κ3) is 3.49. The molecule has 0 N–H and O–H groups in total. The number of hydrogen-bond donors (Lipinski definition) is 0. The van der Waals surface area contributed by atoms with Gasteiger partial charge in [0.15, 0.2) is 0 Å². The maximum Gasteiger partial charge on any atom is 0.145 e. The summed E-state index contributed by atoms with van der Waals surface area (Å²) in [7, 11) is 0. The third-order valence-corrected chi connectivity index (χ3v) is 8.16. The molecule has 1 aliphatic carbocycles. The van der Waals surface area contributed by atoms with E-state index in [1.54, 1.807) is 0 Å². The molecule has 1 heterocycles. The number of benzene rings is 5. The fourth-order valence-corrected chi connectivity index (χ4v) is 6.18. The van der Waals surface area contributed by atoms with E-state index < -0.39 is 0 Å². The molecular weight excluding hydrogens is 516 g/mol. The molecule has 7 rings (SSSR count). The molecular formula is C34H25BrN2. The van der Waals surface area contributed by atoms with Crippen molar-refractivity contribution in [3.05, 3.63) is 131 Å². The summed E-state index contributed by atoms with van der Waals surface area (Å²) in [4.78, 5) is 5.07. The lowest BCUT2D eigenvalue weighted by Crippen LogP contribution is -2.14. The number of para-hydroxylation sites is 3. The molecule has 0 saturated heterocycles. The topological polar surface area (TPSA) is 17.8 Å². The second-order valence-corrected chi connectivity index (χ2v) is 11.2. The van der Waals surface area contributed by atoms with Crippen LogP contribution in [0.25, 0.3) is 50.4 Å². The molecule has 1 aliphatic rings. The molecule has 0 amide bonds. The molecule has 0 aliphatic heterocycles. The Labute approximate surface area is 225 Å². The minimum Gasteiger partial charge on any atom is -0.292 e.